The molecule has 0 aliphatic carbocycles. The zero-order chi connectivity index (χ0) is 11.7. The molecule has 0 saturated heterocycles. The van der Waals surface area contributed by atoms with E-state index in [-0.39, 0.29) is 0 Å². The third-order valence-corrected chi connectivity index (χ3v) is 3.21. The number of nitrogens with zero attached hydrogens (tertiary/aromatic N) is 3. The van der Waals surface area contributed by atoms with Crippen LogP contribution in [-0.2, 0) is 19.4 Å². The summed E-state index contributed by atoms with van der Waals surface area (Å²) >= 11 is 0. The van der Waals surface area contributed by atoms with Crippen molar-refractivity contribution in [2.75, 3.05) is 13.6 Å². The minimum atomic E-state index is 0.419. The SMILES string of the molecule is CCc1nc(C(C)C)nc2c1CCN(C)C2. The molecule has 0 N–H and O–H groups in total. The average Bonchev–Trinajstić information content (AvgIpc) is 2.26. The minimum Gasteiger partial charge on any atom is -0.300 e. The Morgan fingerprint density at radius 3 is 2.69 bits per heavy atom. The van der Waals surface area contributed by atoms with Crippen molar-refractivity contribution in [3.05, 3.63) is 22.8 Å². The molecule has 2 rings (SSSR count). The van der Waals surface area contributed by atoms with Crippen LogP contribution in [0.25, 0.3) is 0 Å². The van der Waals surface area contributed by atoms with Gasteiger partial charge in [0, 0.05) is 24.7 Å². The van der Waals surface area contributed by atoms with Gasteiger partial charge in [0.1, 0.15) is 5.82 Å². The van der Waals surface area contributed by atoms with Gasteiger partial charge in [-0.3, -0.25) is 0 Å². The molecule has 0 bridgehead atoms. The van der Waals surface area contributed by atoms with Gasteiger partial charge in [0.15, 0.2) is 0 Å². The quantitative estimate of drug-likeness (QED) is 0.763. The lowest BCUT2D eigenvalue weighted by Crippen LogP contribution is -2.29. The van der Waals surface area contributed by atoms with Crippen LogP contribution < -0.4 is 0 Å². The monoisotopic (exact) mass is 219 g/mol. The molecule has 1 aromatic rings. The molecule has 3 heteroatoms. The first-order valence-corrected chi connectivity index (χ1v) is 6.19. The van der Waals surface area contributed by atoms with Crippen LogP contribution in [0, 0.1) is 0 Å². The Bertz CT molecular complexity index is 385. The van der Waals surface area contributed by atoms with Gasteiger partial charge in [0.05, 0.1) is 5.69 Å². The van der Waals surface area contributed by atoms with E-state index in [1.54, 1.807) is 0 Å². The first-order valence-electron chi connectivity index (χ1n) is 6.19. The van der Waals surface area contributed by atoms with Gasteiger partial charge in [-0.2, -0.15) is 0 Å². The van der Waals surface area contributed by atoms with Crippen LogP contribution in [0.2, 0.25) is 0 Å². The van der Waals surface area contributed by atoms with E-state index in [4.69, 9.17) is 9.97 Å². The van der Waals surface area contributed by atoms with Crippen molar-refractivity contribution in [1.82, 2.24) is 14.9 Å². The topological polar surface area (TPSA) is 29.0 Å². The largest absolute Gasteiger partial charge is 0.300 e. The maximum Gasteiger partial charge on any atom is 0.131 e. The highest BCUT2D eigenvalue weighted by atomic mass is 15.1. The molecular weight excluding hydrogens is 198 g/mol. The molecule has 0 spiro atoms. The number of hydrogen-bond donors (Lipinski definition) is 0. The molecule has 0 radical (unpaired) electrons. The van der Waals surface area contributed by atoms with Crippen molar-refractivity contribution < 1.29 is 0 Å². The van der Waals surface area contributed by atoms with E-state index in [1.807, 2.05) is 0 Å². The van der Waals surface area contributed by atoms with Gasteiger partial charge in [-0.15, -0.1) is 0 Å². The molecular formula is C13H21N3. The molecule has 0 atom stereocenters. The Morgan fingerprint density at radius 2 is 2.06 bits per heavy atom. The van der Waals surface area contributed by atoms with E-state index in [0.29, 0.717) is 5.92 Å². The molecule has 1 aliphatic heterocycles. The maximum absolute atomic E-state index is 4.72. The lowest BCUT2D eigenvalue weighted by molar-refractivity contribution is 0.305. The maximum atomic E-state index is 4.72. The highest BCUT2D eigenvalue weighted by Gasteiger charge is 2.20. The van der Waals surface area contributed by atoms with E-state index >= 15 is 0 Å². The van der Waals surface area contributed by atoms with Gasteiger partial charge in [-0.1, -0.05) is 20.8 Å². The molecule has 1 aromatic heterocycles. The fourth-order valence-electron chi connectivity index (χ4n) is 2.21. The van der Waals surface area contributed by atoms with Crippen LogP contribution in [0.15, 0.2) is 0 Å². The summed E-state index contributed by atoms with van der Waals surface area (Å²) < 4.78 is 0. The third kappa shape index (κ3) is 2.09. The molecule has 2 heterocycles. The fraction of sp³-hybridized carbons (Fsp3) is 0.692. The Kier molecular flexibility index (Phi) is 3.24. The Morgan fingerprint density at radius 1 is 1.31 bits per heavy atom. The minimum absolute atomic E-state index is 0.419. The predicted octanol–water partition coefficient (Wildman–Crippen LogP) is 2.15. The summed E-state index contributed by atoms with van der Waals surface area (Å²) in [5.41, 5.74) is 3.93. The van der Waals surface area contributed by atoms with Gasteiger partial charge in [-0.05, 0) is 25.5 Å². The van der Waals surface area contributed by atoms with Crippen LogP contribution in [0.1, 0.15) is 49.5 Å². The summed E-state index contributed by atoms with van der Waals surface area (Å²) in [6.45, 7) is 8.61. The van der Waals surface area contributed by atoms with Crippen molar-refractivity contribution >= 4 is 0 Å². The smallest absolute Gasteiger partial charge is 0.131 e. The second-order valence-corrected chi connectivity index (χ2v) is 4.95. The lowest BCUT2D eigenvalue weighted by atomic mass is 10.0. The van der Waals surface area contributed by atoms with E-state index in [9.17, 15) is 0 Å². The first kappa shape index (κ1) is 11.5. The van der Waals surface area contributed by atoms with Gasteiger partial charge < -0.3 is 4.90 Å². The second kappa shape index (κ2) is 4.50. The van der Waals surface area contributed by atoms with Crippen LogP contribution in [0.3, 0.4) is 0 Å². The van der Waals surface area contributed by atoms with E-state index in [1.165, 1.54) is 17.0 Å². The summed E-state index contributed by atoms with van der Waals surface area (Å²) in [7, 11) is 2.16. The van der Waals surface area contributed by atoms with Crippen molar-refractivity contribution in [3.8, 4) is 0 Å². The zero-order valence-electron chi connectivity index (χ0n) is 10.7. The Balaban J connectivity index is 2.46. The zero-order valence-corrected chi connectivity index (χ0v) is 10.7. The van der Waals surface area contributed by atoms with E-state index in [2.05, 4.69) is 32.7 Å². The molecule has 1 aliphatic rings. The van der Waals surface area contributed by atoms with Gasteiger partial charge in [0.25, 0.3) is 0 Å². The highest BCUT2D eigenvalue weighted by molar-refractivity contribution is 5.29. The lowest BCUT2D eigenvalue weighted by Gasteiger charge is -2.26. The van der Waals surface area contributed by atoms with Crippen molar-refractivity contribution in [3.63, 3.8) is 0 Å². The average molecular weight is 219 g/mol. The number of likely N-dealkylation sites (N-methyl/N-ethyl adjacent to an activating group) is 1. The molecule has 0 unspecified atom stereocenters. The first-order chi connectivity index (χ1) is 7.61. The predicted molar refractivity (Wildman–Crippen MR) is 65.5 cm³/mol. The standard InChI is InChI=1S/C13H21N3/c1-5-11-10-6-7-16(4)8-12(10)15-13(14-11)9(2)3/h9H,5-8H2,1-4H3. The van der Waals surface area contributed by atoms with Crippen molar-refractivity contribution in [2.45, 2.75) is 46.1 Å². The molecule has 0 saturated carbocycles. The van der Waals surface area contributed by atoms with Gasteiger partial charge in [0.2, 0.25) is 0 Å². The molecule has 16 heavy (non-hydrogen) atoms. The van der Waals surface area contributed by atoms with Crippen molar-refractivity contribution in [2.24, 2.45) is 0 Å². The van der Waals surface area contributed by atoms with Crippen LogP contribution >= 0.6 is 0 Å². The number of aryl methyl sites for hydroxylation is 1. The molecule has 3 nitrogen and oxygen atoms in total. The Hall–Kier alpha value is -0.960. The van der Waals surface area contributed by atoms with E-state index in [0.717, 1.165) is 31.8 Å². The van der Waals surface area contributed by atoms with Crippen LogP contribution in [-0.4, -0.2) is 28.5 Å². The third-order valence-electron chi connectivity index (χ3n) is 3.21. The number of fused-ring (bicyclic) bond motifs is 1. The summed E-state index contributed by atoms with van der Waals surface area (Å²) in [5.74, 6) is 1.42. The molecule has 0 aromatic carbocycles. The van der Waals surface area contributed by atoms with Gasteiger partial charge in [-0.25, -0.2) is 9.97 Å². The van der Waals surface area contributed by atoms with Crippen LogP contribution in [0.4, 0.5) is 0 Å². The van der Waals surface area contributed by atoms with Crippen LogP contribution in [0.5, 0.6) is 0 Å². The Labute approximate surface area is 97.9 Å². The highest BCUT2D eigenvalue weighted by Crippen LogP contribution is 2.22. The summed E-state index contributed by atoms with van der Waals surface area (Å²) in [6.07, 6.45) is 2.13. The molecule has 88 valence electrons. The molecule has 0 fully saturated rings. The van der Waals surface area contributed by atoms with E-state index < -0.39 is 0 Å². The second-order valence-electron chi connectivity index (χ2n) is 4.95. The summed E-state index contributed by atoms with van der Waals surface area (Å²) in [5, 5.41) is 0. The summed E-state index contributed by atoms with van der Waals surface area (Å²) in [6, 6.07) is 0. The van der Waals surface area contributed by atoms with Crippen molar-refractivity contribution in [1.29, 1.82) is 0 Å². The molecule has 0 amide bonds. The normalized spacial score (nSPS) is 16.6. The number of rotatable bonds is 2. The fourth-order valence-corrected chi connectivity index (χ4v) is 2.21. The van der Waals surface area contributed by atoms with Gasteiger partial charge >= 0.3 is 0 Å². The number of hydrogen-bond acceptors (Lipinski definition) is 3. The summed E-state index contributed by atoms with van der Waals surface area (Å²) in [4.78, 5) is 11.8. The number of aromatic nitrogens is 2.